The molecule has 13 heavy (non-hydrogen) atoms. The molecule has 1 aromatic rings. The second kappa shape index (κ2) is 5.20. The highest BCUT2D eigenvalue weighted by Crippen LogP contribution is 2.10. The molecule has 0 radical (unpaired) electrons. The number of aryl methyl sites for hydroxylation is 1. The predicted molar refractivity (Wildman–Crippen MR) is 55.7 cm³/mol. The van der Waals surface area contributed by atoms with Crippen LogP contribution in [-0.4, -0.2) is 6.04 Å². The molecular weight excluding hydrogens is 189 g/mol. The van der Waals surface area contributed by atoms with Crippen molar-refractivity contribution in [1.29, 1.82) is 0 Å². The van der Waals surface area contributed by atoms with Gasteiger partial charge in [0.05, 0.1) is 0 Å². The van der Waals surface area contributed by atoms with Crippen LogP contribution in [0.1, 0.15) is 18.1 Å². The first kappa shape index (κ1) is 12.4. The molecule has 0 saturated heterocycles. The summed E-state index contributed by atoms with van der Waals surface area (Å²) >= 11 is 0. The highest BCUT2D eigenvalue weighted by Gasteiger charge is 2.01. The van der Waals surface area contributed by atoms with Gasteiger partial charge < -0.3 is 5.73 Å². The van der Waals surface area contributed by atoms with Crippen molar-refractivity contribution in [1.82, 2.24) is 0 Å². The van der Waals surface area contributed by atoms with Crippen LogP contribution in [0.4, 0.5) is 4.39 Å². The molecule has 3 heteroatoms. The van der Waals surface area contributed by atoms with Gasteiger partial charge in [-0.25, -0.2) is 4.39 Å². The van der Waals surface area contributed by atoms with E-state index >= 15 is 0 Å². The Kier molecular flexibility index (Phi) is 4.96. The Balaban J connectivity index is 0.00000144. The minimum atomic E-state index is -0.145. The van der Waals surface area contributed by atoms with Crippen molar-refractivity contribution in [3.8, 4) is 0 Å². The van der Waals surface area contributed by atoms with E-state index in [1.54, 1.807) is 19.1 Å². The molecule has 0 aliphatic rings. The zero-order valence-corrected chi connectivity index (χ0v) is 8.70. The van der Waals surface area contributed by atoms with E-state index in [2.05, 4.69) is 0 Å². The Labute approximate surface area is 84.5 Å². The standard InChI is InChI=1S/C10H14FN.ClH/c1-7-3-4-9(5-8(2)12)6-10(7)11;/h3-4,6,8H,5,12H2,1-2H3;1H. The number of nitrogens with two attached hydrogens (primary N) is 1. The maximum atomic E-state index is 13.0. The van der Waals surface area contributed by atoms with E-state index in [1.165, 1.54) is 0 Å². The van der Waals surface area contributed by atoms with Crippen molar-refractivity contribution in [2.24, 2.45) is 5.73 Å². The molecule has 0 aliphatic carbocycles. The first-order chi connectivity index (χ1) is 5.59. The Morgan fingerprint density at radius 1 is 1.46 bits per heavy atom. The van der Waals surface area contributed by atoms with Gasteiger partial charge in [-0.2, -0.15) is 0 Å². The smallest absolute Gasteiger partial charge is 0.126 e. The SMILES string of the molecule is Cc1ccc(CC(C)N)cc1F.Cl. The summed E-state index contributed by atoms with van der Waals surface area (Å²) in [6.07, 6.45) is 0.733. The summed E-state index contributed by atoms with van der Waals surface area (Å²) in [5, 5.41) is 0. The second-order valence-corrected chi connectivity index (χ2v) is 3.26. The Morgan fingerprint density at radius 3 is 2.54 bits per heavy atom. The lowest BCUT2D eigenvalue weighted by molar-refractivity contribution is 0.613. The van der Waals surface area contributed by atoms with E-state index in [0.29, 0.717) is 5.56 Å². The monoisotopic (exact) mass is 203 g/mol. The number of rotatable bonds is 2. The minimum Gasteiger partial charge on any atom is -0.328 e. The van der Waals surface area contributed by atoms with E-state index < -0.39 is 0 Å². The van der Waals surface area contributed by atoms with Crippen molar-refractivity contribution in [3.63, 3.8) is 0 Å². The molecular formula is C10H15ClFN. The summed E-state index contributed by atoms with van der Waals surface area (Å²) < 4.78 is 13.0. The number of hydrogen-bond acceptors (Lipinski definition) is 1. The molecule has 0 saturated carbocycles. The Hall–Kier alpha value is -0.600. The van der Waals surface area contributed by atoms with Crippen LogP contribution in [0.2, 0.25) is 0 Å². The third-order valence-corrected chi connectivity index (χ3v) is 1.79. The molecule has 1 aromatic carbocycles. The molecule has 0 aromatic heterocycles. The van der Waals surface area contributed by atoms with Gasteiger partial charge in [0.15, 0.2) is 0 Å². The van der Waals surface area contributed by atoms with Crippen molar-refractivity contribution in [2.75, 3.05) is 0 Å². The highest BCUT2D eigenvalue weighted by atomic mass is 35.5. The first-order valence-corrected chi connectivity index (χ1v) is 4.10. The third kappa shape index (κ3) is 3.75. The van der Waals surface area contributed by atoms with Gasteiger partial charge in [0.1, 0.15) is 5.82 Å². The van der Waals surface area contributed by atoms with E-state index in [-0.39, 0.29) is 24.3 Å². The molecule has 0 fully saturated rings. The first-order valence-electron chi connectivity index (χ1n) is 4.10. The average Bonchev–Trinajstić information content (AvgIpc) is 1.96. The van der Waals surface area contributed by atoms with Crippen LogP contribution in [0.3, 0.4) is 0 Å². The summed E-state index contributed by atoms with van der Waals surface area (Å²) in [7, 11) is 0. The maximum absolute atomic E-state index is 13.0. The van der Waals surface area contributed by atoms with Crippen LogP contribution in [-0.2, 0) is 6.42 Å². The van der Waals surface area contributed by atoms with E-state index in [1.807, 2.05) is 13.0 Å². The van der Waals surface area contributed by atoms with Crippen LogP contribution >= 0.6 is 12.4 Å². The fourth-order valence-electron chi connectivity index (χ4n) is 1.14. The fourth-order valence-corrected chi connectivity index (χ4v) is 1.14. The molecule has 1 unspecified atom stereocenters. The summed E-state index contributed by atoms with van der Waals surface area (Å²) in [6, 6.07) is 5.35. The number of benzene rings is 1. The fraction of sp³-hybridized carbons (Fsp3) is 0.400. The molecule has 74 valence electrons. The van der Waals surface area contributed by atoms with Gasteiger partial charge in [-0.1, -0.05) is 12.1 Å². The van der Waals surface area contributed by atoms with Crippen LogP contribution < -0.4 is 5.73 Å². The molecule has 2 N–H and O–H groups in total. The van der Waals surface area contributed by atoms with Crippen molar-refractivity contribution in [3.05, 3.63) is 35.1 Å². The lowest BCUT2D eigenvalue weighted by Crippen LogP contribution is -2.17. The van der Waals surface area contributed by atoms with E-state index in [9.17, 15) is 4.39 Å². The lowest BCUT2D eigenvalue weighted by Gasteiger charge is -2.05. The quantitative estimate of drug-likeness (QED) is 0.785. The molecule has 0 aliphatic heterocycles. The van der Waals surface area contributed by atoms with E-state index in [0.717, 1.165) is 12.0 Å². The van der Waals surface area contributed by atoms with E-state index in [4.69, 9.17) is 5.73 Å². The van der Waals surface area contributed by atoms with Gasteiger partial charge in [-0.05, 0) is 37.5 Å². The van der Waals surface area contributed by atoms with Gasteiger partial charge in [-0.3, -0.25) is 0 Å². The predicted octanol–water partition coefficient (Wildman–Crippen LogP) is 2.45. The molecule has 0 heterocycles. The van der Waals surface area contributed by atoms with Gasteiger partial charge in [0.25, 0.3) is 0 Å². The normalized spacial score (nSPS) is 12.0. The van der Waals surface area contributed by atoms with Crippen LogP contribution in [0.25, 0.3) is 0 Å². The molecule has 0 bridgehead atoms. The van der Waals surface area contributed by atoms with Crippen molar-refractivity contribution >= 4 is 12.4 Å². The van der Waals surface area contributed by atoms with Crippen LogP contribution in [0.15, 0.2) is 18.2 Å². The molecule has 0 amide bonds. The molecule has 1 atom stereocenters. The average molecular weight is 204 g/mol. The van der Waals surface area contributed by atoms with Gasteiger partial charge in [0, 0.05) is 6.04 Å². The van der Waals surface area contributed by atoms with Crippen LogP contribution in [0, 0.1) is 12.7 Å². The topological polar surface area (TPSA) is 26.0 Å². The van der Waals surface area contributed by atoms with Gasteiger partial charge in [-0.15, -0.1) is 12.4 Å². The number of halogens is 2. The third-order valence-electron chi connectivity index (χ3n) is 1.79. The molecule has 0 spiro atoms. The lowest BCUT2D eigenvalue weighted by atomic mass is 10.1. The van der Waals surface area contributed by atoms with Crippen molar-refractivity contribution in [2.45, 2.75) is 26.3 Å². The largest absolute Gasteiger partial charge is 0.328 e. The minimum absolute atomic E-state index is 0. The summed E-state index contributed by atoms with van der Waals surface area (Å²) in [4.78, 5) is 0. The zero-order valence-electron chi connectivity index (χ0n) is 7.88. The van der Waals surface area contributed by atoms with Crippen molar-refractivity contribution < 1.29 is 4.39 Å². The maximum Gasteiger partial charge on any atom is 0.126 e. The van der Waals surface area contributed by atoms with Crippen LogP contribution in [0.5, 0.6) is 0 Å². The Bertz CT molecular complexity index is 274. The van der Waals surface area contributed by atoms with Gasteiger partial charge >= 0.3 is 0 Å². The second-order valence-electron chi connectivity index (χ2n) is 3.26. The molecule has 1 nitrogen and oxygen atoms in total. The zero-order chi connectivity index (χ0) is 9.14. The summed E-state index contributed by atoms with van der Waals surface area (Å²) in [5.41, 5.74) is 7.24. The highest BCUT2D eigenvalue weighted by molar-refractivity contribution is 5.85. The molecule has 1 rings (SSSR count). The summed E-state index contributed by atoms with van der Waals surface area (Å²) in [6.45, 7) is 3.67. The Morgan fingerprint density at radius 2 is 2.08 bits per heavy atom. The number of hydrogen-bond donors (Lipinski definition) is 1. The summed E-state index contributed by atoms with van der Waals surface area (Å²) in [5.74, 6) is -0.145. The van der Waals surface area contributed by atoms with Gasteiger partial charge in [0.2, 0.25) is 0 Å².